The maximum absolute atomic E-state index is 12.0. The van der Waals surface area contributed by atoms with E-state index in [1.165, 1.54) is 6.08 Å². The van der Waals surface area contributed by atoms with E-state index in [1.807, 2.05) is 43.4 Å². The van der Waals surface area contributed by atoms with Crippen LogP contribution in [0.2, 0.25) is 0 Å². The van der Waals surface area contributed by atoms with Gasteiger partial charge in [-0.1, -0.05) is 6.58 Å². The summed E-state index contributed by atoms with van der Waals surface area (Å²) in [4.78, 5) is 24.2. The first-order valence-electron chi connectivity index (χ1n) is 9.74. The number of aryl methyl sites for hydroxylation is 2. The molecule has 150 valence electrons. The number of pyridine rings is 1. The zero-order valence-electron chi connectivity index (χ0n) is 16.5. The molecule has 0 atom stereocenters. The highest BCUT2D eigenvalue weighted by Gasteiger charge is 2.56. The number of aromatic nitrogens is 3. The van der Waals surface area contributed by atoms with Crippen LogP contribution in [-0.4, -0.2) is 43.5 Å². The van der Waals surface area contributed by atoms with Crippen LogP contribution in [0.1, 0.15) is 24.1 Å². The van der Waals surface area contributed by atoms with E-state index in [9.17, 15) is 4.79 Å². The zero-order valence-corrected chi connectivity index (χ0v) is 17.3. The van der Waals surface area contributed by atoms with Crippen molar-refractivity contribution in [3.05, 3.63) is 42.1 Å². The Labute approximate surface area is 173 Å². The maximum Gasteiger partial charge on any atom is 0.246 e. The van der Waals surface area contributed by atoms with Crippen LogP contribution < -0.4 is 10.1 Å². The normalized spacial score (nSPS) is 23.0. The molecule has 8 heteroatoms. The average molecular weight is 410 g/mol. The summed E-state index contributed by atoms with van der Waals surface area (Å²) in [6.07, 6.45) is 8.02. The summed E-state index contributed by atoms with van der Waals surface area (Å²) in [5.74, 6) is 1.35. The molecule has 2 aliphatic rings. The van der Waals surface area contributed by atoms with E-state index in [4.69, 9.17) is 9.72 Å². The predicted molar refractivity (Wildman–Crippen MR) is 114 cm³/mol. The smallest absolute Gasteiger partial charge is 0.246 e. The number of ether oxygens (including phenoxy) is 1. The molecule has 0 radical (unpaired) electrons. The van der Waals surface area contributed by atoms with Gasteiger partial charge < -0.3 is 19.5 Å². The summed E-state index contributed by atoms with van der Waals surface area (Å²) < 4.78 is 8.36. The zero-order chi connectivity index (χ0) is 20.2. The third kappa shape index (κ3) is 2.98. The van der Waals surface area contributed by atoms with Gasteiger partial charge in [-0.25, -0.2) is 4.98 Å². The number of nitrogens with zero attached hydrogens (tertiary/aromatic N) is 4. The standard InChI is InChI=1S/C21H23N5O2S/c1-4-18(27)26-8-6-21(26)10-14(11-21)28-19-15-5-7-25(3)16(15)9-17(23-19)24-20-22-12-13(2)29-20/h4-5,7,9,12,14H,1,6,8,10-11H2,2-3H3,(H,22,23,24). The van der Waals surface area contributed by atoms with E-state index < -0.39 is 0 Å². The summed E-state index contributed by atoms with van der Waals surface area (Å²) in [6, 6.07) is 4.04. The Balaban J connectivity index is 1.37. The minimum atomic E-state index is -0.0416. The molecular formula is C21H23N5O2S. The van der Waals surface area contributed by atoms with Crippen LogP contribution in [0.25, 0.3) is 10.9 Å². The number of hydrogen-bond donors (Lipinski definition) is 1. The van der Waals surface area contributed by atoms with Crippen molar-refractivity contribution in [1.82, 2.24) is 19.4 Å². The van der Waals surface area contributed by atoms with E-state index in [-0.39, 0.29) is 17.6 Å². The number of hydrogen-bond acceptors (Lipinski definition) is 6. The van der Waals surface area contributed by atoms with Crippen LogP contribution in [0.5, 0.6) is 5.88 Å². The Bertz CT molecular complexity index is 1110. The Hall–Kier alpha value is -2.87. The van der Waals surface area contributed by atoms with Gasteiger partial charge in [-0.3, -0.25) is 4.79 Å². The molecule has 1 N–H and O–H groups in total. The molecule has 5 rings (SSSR count). The topological polar surface area (TPSA) is 72.3 Å². The lowest BCUT2D eigenvalue weighted by Gasteiger charge is -2.60. The van der Waals surface area contributed by atoms with E-state index in [2.05, 4.69) is 21.4 Å². The number of likely N-dealkylation sites (tertiary alicyclic amines) is 1. The number of thiazole rings is 1. The minimum Gasteiger partial charge on any atom is -0.474 e. The highest BCUT2D eigenvalue weighted by molar-refractivity contribution is 7.15. The third-order valence-electron chi connectivity index (χ3n) is 6.01. The van der Waals surface area contributed by atoms with Gasteiger partial charge in [0.1, 0.15) is 11.9 Å². The molecule has 2 fully saturated rings. The fourth-order valence-corrected chi connectivity index (χ4v) is 5.03. The summed E-state index contributed by atoms with van der Waals surface area (Å²) in [6.45, 7) is 6.45. The molecule has 0 aromatic carbocycles. The molecule has 1 amide bonds. The summed E-state index contributed by atoms with van der Waals surface area (Å²) in [5, 5.41) is 5.09. The van der Waals surface area contributed by atoms with Crippen molar-refractivity contribution in [2.75, 3.05) is 11.9 Å². The van der Waals surface area contributed by atoms with Gasteiger partial charge >= 0.3 is 0 Å². The molecule has 1 saturated carbocycles. The second-order valence-corrected chi connectivity index (χ2v) is 9.12. The van der Waals surface area contributed by atoms with Gasteiger partial charge in [0, 0.05) is 49.8 Å². The fourth-order valence-electron chi connectivity index (χ4n) is 4.36. The van der Waals surface area contributed by atoms with Crippen LogP contribution in [0, 0.1) is 6.92 Å². The largest absolute Gasteiger partial charge is 0.474 e. The SMILES string of the molecule is C=CC(=O)N1CCC12CC(Oc1nc(Nc3ncc(C)s3)cc3c1ccn3C)C2. The van der Waals surface area contributed by atoms with Crippen molar-refractivity contribution in [1.29, 1.82) is 0 Å². The maximum atomic E-state index is 12.0. The van der Waals surface area contributed by atoms with Crippen molar-refractivity contribution in [2.45, 2.75) is 37.8 Å². The molecule has 3 aromatic heterocycles. The molecule has 7 nitrogen and oxygen atoms in total. The molecule has 1 spiro atoms. The molecule has 29 heavy (non-hydrogen) atoms. The van der Waals surface area contributed by atoms with Crippen LogP contribution in [0.4, 0.5) is 10.9 Å². The number of rotatable bonds is 5. The highest BCUT2D eigenvalue weighted by Crippen LogP contribution is 2.49. The Kier molecular flexibility index (Phi) is 4.13. The lowest BCUT2D eigenvalue weighted by molar-refractivity contribution is -0.162. The van der Waals surface area contributed by atoms with E-state index in [0.29, 0.717) is 11.7 Å². The number of carbonyl (C=O) groups is 1. The summed E-state index contributed by atoms with van der Waals surface area (Å²) in [5.41, 5.74) is 1.01. The van der Waals surface area contributed by atoms with E-state index in [1.54, 1.807) is 11.3 Å². The van der Waals surface area contributed by atoms with Gasteiger partial charge in [-0.2, -0.15) is 4.98 Å². The quantitative estimate of drug-likeness (QED) is 0.650. The van der Waals surface area contributed by atoms with Crippen LogP contribution in [0.3, 0.4) is 0 Å². The van der Waals surface area contributed by atoms with Gasteiger partial charge in [-0.05, 0) is 25.5 Å². The molecule has 1 aliphatic heterocycles. The van der Waals surface area contributed by atoms with Gasteiger partial charge in [0.2, 0.25) is 11.8 Å². The fraction of sp³-hybridized carbons (Fsp3) is 0.381. The number of amides is 1. The first-order valence-corrected chi connectivity index (χ1v) is 10.6. The first-order chi connectivity index (χ1) is 14.0. The van der Waals surface area contributed by atoms with Crippen molar-refractivity contribution in [3.63, 3.8) is 0 Å². The highest BCUT2D eigenvalue weighted by atomic mass is 32.1. The van der Waals surface area contributed by atoms with Crippen molar-refractivity contribution < 1.29 is 9.53 Å². The summed E-state index contributed by atoms with van der Waals surface area (Å²) >= 11 is 1.59. The van der Waals surface area contributed by atoms with E-state index >= 15 is 0 Å². The van der Waals surface area contributed by atoms with Crippen molar-refractivity contribution in [3.8, 4) is 5.88 Å². The summed E-state index contributed by atoms with van der Waals surface area (Å²) in [7, 11) is 2.01. The van der Waals surface area contributed by atoms with E-state index in [0.717, 1.165) is 46.7 Å². The Morgan fingerprint density at radius 1 is 1.48 bits per heavy atom. The molecule has 4 heterocycles. The Morgan fingerprint density at radius 3 is 2.97 bits per heavy atom. The van der Waals surface area contributed by atoms with Gasteiger partial charge in [0.15, 0.2) is 5.13 Å². The minimum absolute atomic E-state index is 0.0169. The molecule has 1 saturated heterocycles. The second-order valence-electron chi connectivity index (χ2n) is 7.89. The molecule has 3 aromatic rings. The molecule has 0 bridgehead atoms. The van der Waals surface area contributed by atoms with Crippen LogP contribution in [0.15, 0.2) is 37.2 Å². The van der Waals surface area contributed by atoms with Gasteiger partial charge in [0.05, 0.1) is 16.4 Å². The van der Waals surface area contributed by atoms with Crippen molar-refractivity contribution in [2.24, 2.45) is 7.05 Å². The lowest BCUT2D eigenvalue weighted by Crippen LogP contribution is -2.70. The monoisotopic (exact) mass is 409 g/mol. The number of nitrogens with one attached hydrogen (secondary N) is 1. The number of anilines is 2. The number of carbonyl (C=O) groups excluding carboxylic acids is 1. The second kappa shape index (κ2) is 6.59. The Morgan fingerprint density at radius 2 is 2.31 bits per heavy atom. The van der Waals surface area contributed by atoms with Crippen molar-refractivity contribution >= 4 is 39.1 Å². The predicted octanol–water partition coefficient (Wildman–Crippen LogP) is 3.78. The third-order valence-corrected chi connectivity index (χ3v) is 6.84. The van der Waals surface area contributed by atoms with Gasteiger partial charge in [-0.15, -0.1) is 11.3 Å². The first kappa shape index (κ1) is 18.2. The molecular weight excluding hydrogens is 386 g/mol. The molecule has 1 aliphatic carbocycles. The number of fused-ring (bicyclic) bond motifs is 1. The van der Waals surface area contributed by atoms with Crippen LogP contribution >= 0.6 is 11.3 Å². The van der Waals surface area contributed by atoms with Gasteiger partial charge in [0.25, 0.3) is 0 Å². The van der Waals surface area contributed by atoms with Crippen LogP contribution in [-0.2, 0) is 11.8 Å². The molecule has 0 unspecified atom stereocenters. The average Bonchev–Trinajstić information content (AvgIpc) is 3.22. The lowest BCUT2D eigenvalue weighted by atomic mass is 9.66.